The fraction of sp³-hybridized carbons (Fsp3) is 0.227. The molecule has 1 saturated carbocycles. The highest BCUT2D eigenvalue weighted by atomic mass is 32.2. The molecule has 1 N–H and O–H groups in total. The van der Waals surface area contributed by atoms with Crippen molar-refractivity contribution in [1.29, 1.82) is 5.26 Å². The molecule has 0 bridgehead atoms. The van der Waals surface area contributed by atoms with Crippen LogP contribution in [0.3, 0.4) is 0 Å². The largest absolute Gasteiger partial charge is 0.407 e. The van der Waals surface area contributed by atoms with Crippen molar-refractivity contribution in [3.8, 4) is 17.5 Å². The van der Waals surface area contributed by atoms with Gasteiger partial charge in [0.25, 0.3) is 6.43 Å². The first-order valence-corrected chi connectivity index (χ1v) is 11.6. The van der Waals surface area contributed by atoms with E-state index in [-0.39, 0.29) is 46.4 Å². The molecule has 0 saturated heterocycles. The van der Waals surface area contributed by atoms with Crippen molar-refractivity contribution in [2.24, 2.45) is 0 Å². The third-order valence-electron chi connectivity index (χ3n) is 5.90. The lowest BCUT2D eigenvalue weighted by Crippen LogP contribution is -2.47. The van der Waals surface area contributed by atoms with E-state index in [2.05, 4.69) is 9.97 Å². The summed E-state index contributed by atoms with van der Waals surface area (Å²) >= 11 is 0. The summed E-state index contributed by atoms with van der Waals surface area (Å²) in [6, 6.07) is 5.44. The molecule has 7 nitrogen and oxygen atoms in total. The van der Waals surface area contributed by atoms with Gasteiger partial charge in [-0.05, 0) is 43.2 Å². The second-order valence-electron chi connectivity index (χ2n) is 8.13. The van der Waals surface area contributed by atoms with Gasteiger partial charge < -0.3 is 0 Å². The minimum absolute atomic E-state index is 0.00793. The van der Waals surface area contributed by atoms with E-state index in [1.165, 1.54) is 10.6 Å². The number of alkyl halides is 5. The van der Waals surface area contributed by atoms with Crippen LogP contribution >= 0.6 is 0 Å². The average Bonchev–Trinajstić information content (AvgIpc) is 3.48. The van der Waals surface area contributed by atoms with E-state index in [4.69, 9.17) is 0 Å². The molecule has 0 aliphatic heterocycles. The van der Waals surface area contributed by atoms with Crippen molar-refractivity contribution in [2.45, 2.75) is 35.9 Å². The molecule has 2 aliphatic rings. The summed E-state index contributed by atoms with van der Waals surface area (Å²) in [6.07, 6.45) is -1.26. The maximum Gasteiger partial charge on any atom is 0.407 e. The van der Waals surface area contributed by atoms with Crippen LogP contribution in [0.2, 0.25) is 0 Å². The van der Waals surface area contributed by atoms with Crippen LogP contribution in [0.5, 0.6) is 0 Å². The Morgan fingerprint density at radius 1 is 1.17 bits per heavy atom. The number of sulfonamides is 1. The number of aromatic nitrogens is 3. The highest BCUT2D eigenvalue weighted by Gasteiger charge is 2.65. The van der Waals surface area contributed by atoms with E-state index in [1.807, 2.05) is 6.07 Å². The molecule has 0 atom stereocenters. The first-order chi connectivity index (χ1) is 16.5. The summed E-state index contributed by atoms with van der Waals surface area (Å²) < 4.78 is 94.5. The van der Waals surface area contributed by atoms with Crippen LogP contribution in [-0.2, 0) is 10.0 Å². The van der Waals surface area contributed by atoms with E-state index >= 15 is 0 Å². The summed E-state index contributed by atoms with van der Waals surface area (Å²) in [5.41, 5.74) is -1.77. The van der Waals surface area contributed by atoms with Crippen LogP contribution in [0.15, 0.2) is 53.7 Å². The molecule has 5 rings (SSSR count). The van der Waals surface area contributed by atoms with Crippen molar-refractivity contribution < 1.29 is 30.4 Å². The van der Waals surface area contributed by atoms with Crippen LogP contribution in [0.1, 0.15) is 30.4 Å². The van der Waals surface area contributed by atoms with Gasteiger partial charge in [-0.15, -0.1) is 0 Å². The number of hydrogen-bond donors (Lipinski definition) is 1. The first-order valence-electron chi connectivity index (χ1n) is 10.2. The Labute approximate surface area is 195 Å². The second-order valence-corrected chi connectivity index (χ2v) is 9.81. The minimum Gasteiger partial charge on any atom is -0.291 e. The fourth-order valence-corrected chi connectivity index (χ4v) is 5.19. The maximum absolute atomic E-state index is 13.3. The minimum atomic E-state index is -4.73. The van der Waals surface area contributed by atoms with Gasteiger partial charge in [0.2, 0.25) is 10.0 Å². The van der Waals surface area contributed by atoms with E-state index in [0.29, 0.717) is 5.70 Å². The maximum atomic E-state index is 13.3. The summed E-state index contributed by atoms with van der Waals surface area (Å²) in [5, 5.41) is 9.99. The normalized spacial score (nSPS) is 16.8. The topological polar surface area (TPSA) is 101 Å². The summed E-state index contributed by atoms with van der Waals surface area (Å²) in [5.74, 6) is 0. The summed E-state index contributed by atoms with van der Waals surface area (Å²) in [7, 11) is -4.54. The van der Waals surface area contributed by atoms with Gasteiger partial charge >= 0.3 is 6.18 Å². The van der Waals surface area contributed by atoms with Crippen LogP contribution in [0, 0.1) is 11.3 Å². The lowest BCUT2D eigenvalue weighted by atomic mass is 10.1. The van der Waals surface area contributed by atoms with Gasteiger partial charge in [-0.2, -0.15) is 23.2 Å². The Balaban J connectivity index is 1.60. The van der Waals surface area contributed by atoms with E-state index in [0.717, 1.165) is 24.5 Å². The number of fused-ring (bicyclic) bond motifs is 1. The fourth-order valence-electron chi connectivity index (χ4n) is 3.80. The molecule has 180 valence electrons. The highest BCUT2D eigenvalue weighted by molar-refractivity contribution is 7.89. The number of pyridine rings is 2. The smallest absolute Gasteiger partial charge is 0.291 e. The van der Waals surface area contributed by atoms with Gasteiger partial charge in [-0.3, -0.25) is 9.55 Å². The molecule has 0 unspecified atom stereocenters. The standard InChI is InChI=1S/C22H14F5N5O2S/c23-19(24)12-8-15-16(9-28)18(32(13-2-1-3-13)20(15)30-10-12)17-5-4-14(11-29-17)35(33,34)31-21(6-7-21)22(25,26)27/h1-5,8,10-11,19,31H,6-7H2. The number of nitrogens with one attached hydrogen (secondary N) is 1. The first kappa shape index (κ1) is 23.1. The van der Waals surface area contributed by atoms with Crippen molar-refractivity contribution in [3.05, 3.63) is 59.9 Å². The molecule has 35 heavy (non-hydrogen) atoms. The SMILES string of the molecule is N#Cc1c(-c2ccc(S(=O)(=O)NC3(C(F)(F)F)CC3)cn2)n(C2=CC=C2)c2ncc(C(F)F)cc12. The Morgan fingerprint density at radius 2 is 1.89 bits per heavy atom. The molecule has 0 aromatic carbocycles. The number of rotatable bonds is 6. The van der Waals surface area contributed by atoms with Gasteiger partial charge in [-0.25, -0.2) is 22.2 Å². The third kappa shape index (κ3) is 3.69. The molecule has 13 heteroatoms. The van der Waals surface area contributed by atoms with E-state index < -0.39 is 33.1 Å². The predicted molar refractivity (Wildman–Crippen MR) is 114 cm³/mol. The molecular formula is C22H14F5N5O2S. The average molecular weight is 507 g/mol. The van der Waals surface area contributed by atoms with E-state index in [9.17, 15) is 35.6 Å². The molecule has 0 amide bonds. The lowest BCUT2D eigenvalue weighted by Gasteiger charge is -2.20. The highest BCUT2D eigenvalue weighted by Crippen LogP contribution is 2.49. The van der Waals surface area contributed by atoms with Gasteiger partial charge in [0, 0.05) is 29.0 Å². The number of nitrogens with zero attached hydrogens (tertiary/aromatic N) is 4. The Bertz CT molecular complexity index is 1560. The molecule has 3 aromatic rings. The van der Waals surface area contributed by atoms with E-state index in [1.54, 1.807) is 23.0 Å². The lowest BCUT2D eigenvalue weighted by molar-refractivity contribution is -0.160. The van der Waals surface area contributed by atoms with Gasteiger partial charge in [-0.1, -0.05) is 6.08 Å². The molecular weight excluding hydrogens is 493 g/mol. The Kier molecular flexibility index (Phi) is 5.08. The van der Waals surface area contributed by atoms with Crippen LogP contribution < -0.4 is 4.72 Å². The third-order valence-corrected chi connectivity index (χ3v) is 7.42. The summed E-state index contributed by atoms with van der Waals surface area (Å²) in [6.45, 7) is 0. The van der Waals surface area contributed by atoms with Crippen LogP contribution in [0.25, 0.3) is 28.1 Å². The van der Waals surface area contributed by atoms with Gasteiger partial charge in [0.1, 0.15) is 22.2 Å². The molecule has 2 aliphatic carbocycles. The zero-order chi connectivity index (χ0) is 25.2. The zero-order valence-electron chi connectivity index (χ0n) is 17.5. The monoisotopic (exact) mass is 507 g/mol. The molecule has 0 radical (unpaired) electrons. The van der Waals surface area contributed by atoms with Crippen LogP contribution in [-0.4, -0.2) is 34.7 Å². The number of hydrogen-bond acceptors (Lipinski definition) is 5. The molecule has 3 aromatic heterocycles. The molecule has 1 fully saturated rings. The Morgan fingerprint density at radius 3 is 2.37 bits per heavy atom. The predicted octanol–water partition coefficient (Wildman–Crippen LogP) is 4.69. The van der Waals surface area contributed by atoms with Gasteiger partial charge in [0.05, 0.1) is 17.0 Å². The summed E-state index contributed by atoms with van der Waals surface area (Å²) in [4.78, 5) is 7.71. The molecule has 0 spiro atoms. The van der Waals surface area contributed by atoms with Crippen molar-refractivity contribution in [3.63, 3.8) is 0 Å². The zero-order valence-corrected chi connectivity index (χ0v) is 18.3. The quantitative estimate of drug-likeness (QED) is 0.488. The van der Waals surface area contributed by atoms with Crippen molar-refractivity contribution in [1.82, 2.24) is 19.3 Å². The number of halogens is 5. The Hall–Kier alpha value is -3.63. The number of allylic oxidation sites excluding steroid dienone is 4. The molecule has 3 heterocycles. The van der Waals surface area contributed by atoms with Crippen molar-refractivity contribution in [2.75, 3.05) is 0 Å². The van der Waals surface area contributed by atoms with Crippen LogP contribution in [0.4, 0.5) is 22.0 Å². The second kappa shape index (κ2) is 7.69. The van der Waals surface area contributed by atoms with Gasteiger partial charge in [0.15, 0.2) is 0 Å². The van der Waals surface area contributed by atoms with Crippen molar-refractivity contribution >= 4 is 26.8 Å². The number of nitriles is 1.